The Balaban J connectivity index is 3.22. The number of ether oxygens (including phenoxy) is 1. The number of amides is 2. The predicted molar refractivity (Wildman–Crippen MR) is 75.3 cm³/mol. The van der Waals surface area contributed by atoms with Gasteiger partial charge in [0.15, 0.2) is 0 Å². The molecular weight excluding hydrogens is 242 g/mol. The van der Waals surface area contributed by atoms with Gasteiger partial charge in [0.25, 0.3) is 0 Å². The first-order valence-corrected chi connectivity index (χ1v) is 6.23. The number of benzene rings is 1. The predicted octanol–water partition coefficient (Wildman–Crippen LogP) is 3.59. The molecule has 1 aromatic carbocycles. The number of hydrogen-bond donors (Lipinski definition) is 0. The Morgan fingerprint density at radius 1 is 1.11 bits per heavy atom. The highest BCUT2D eigenvalue weighted by Crippen LogP contribution is 2.26. The molecule has 4 heteroatoms. The van der Waals surface area contributed by atoms with Gasteiger partial charge in [0.05, 0.1) is 5.69 Å². The zero-order valence-corrected chi connectivity index (χ0v) is 12.4. The molecule has 0 bridgehead atoms. The fourth-order valence-corrected chi connectivity index (χ4v) is 1.84. The maximum Gasteiger partial charge on any atom is 0.421 e. The number of carbonyl (C=O) groups is 2. The molecule has 19 heavy (non-hydrogen) atoms. The summed E-state index contributed by atoms with van der Waals surface area (Å²) in [5, 5.41) is 0. The monoisotopic (exact) mass is 263 g/mol. The Kier molecular flexibility index (Phi) is 4.35. The van der Waals surface area contributed by atoms with Crippen molar-refractivity contribution in [2.75, 3.05) is 4.90 Å². The Morgan fingerprint density at radius 3 is 1.95 bits per heavy atom. The smallest absolute Gasteiger partial charge is 0.421 e. The first-order chi connectivity index (χ1) is 8.63. The average Bonchev–Trinajstić information content (AvgIpc) is 2.20. The van der Waals surface area contributed by atoms with Crippen LogP contribution in [0, 0.1) is 13.8 Å². The van der Waals surface area contributed by atoms with Gasteiger partial charge in [-0.25, -0.2) is 9.69 Å². The van der Waals surface area contributed by atoms with Crippen LogP contribution in [0.2, 0.25) is 0 Å². The van der Waals surface area contributed by atoms with Crippen molar-refractivity contribution in [1.82, 2.24) is 0 Å². The van der Waals surface area contributed by atoms with Gasteiger partial charge in [0.1, 0.15) is 5.60 Å². The van der Waals surface area contributed by atoms with Crippen LogP contribution >= 0.6 is 0 Å². The Morgan fingerprint density at radius 2 is 1.58 bits per heavy atom. The summed E-state index contributed by atoms with van der Waals surface area (Å²) in [6.45, 7) is 10.4. The fourth-order valence-electron chi connectivity index (χ4n) is 1.84. The van der Waals surface area contributed by atoms with Gasteiger partial charge in [-0.3, -0.25) is 4.79 Å². The lowest BCUT2D eigenvalue weighted by atomic mass is 10.1. The minimum absolute atomic E-state index is 0.355. The molecule has 0 aliphatic heterocycles. The van der Waals surface area contributed by atoms with Gasteiger partial charge in [-0.1, -0.05) is 18.2 Å². The summed E-state index contributed by atoms with van der Waals surface area (Å²) < 4.78 is 5.29. The number of carbonyl (C=O) groups excluding carboxylic acids is 2. The number of hydrogen-bond acceptors (Lipinski definition) is 3. The molecule has 0 aliphatic carbocycles. The molecule has 0 N–H and O–H groups in total. The van der Waals surface area contributed by atoms with E-state index in [1.807, 2.05) is 32.0 Å². The number of aryl methyl sites for hydroxylation is 2. The second kappa shape index (κ2) is 5.43. The minimum atomic E-state index is -0.641. The van der Waals surface area contributed by atoms with E-state index in [-0.39, 0.29) is 5.91 Å². The molecule has 0 radical (unpaired) electrons. The van der Waals surface area contributed by atoms with E-state index in [0.717, 1.165) is 16.0 Å². The third kappa shape index (κ3) is 3.81. The van der Waals surface area contributed by atoms with Gasteiger partial charge < -0.3 is 4.74 Å². The van der Waals surface area contributed by atoms with Gasteiger partial charge in [-0.05, 0) is 45.7 Å². The van der Waals surface area contributed by atoms with Crippen molar-refractivity contribution < 1.29 is 14.3 Å². The number of nitrogens with zero attached hydrogens (tertiary/aromatic N) is 1. The van der Waals surface area contributed by atoms with Crippen molar-refractivity contribution >= 4 is 17.7 Å². The Hall–Kier alpha value is -1.84. The summed E-state index contributed by atoms with van der Waals surface area (Å²) in [6, 6.07) is 5.62. The highest BCUT2D eigenvalue weighted by atomic mass is 16.6. The first-order valence-electron chi connectivity index (χ1n) is 6.23. The van der Waals surface area contributed by atoms with Gasteiger partial charge in [0.2, 0.25) is 5.91 Å². The molecule has 0 unspecified atom stereocenters. The summed E-state index contributed by atoms with van der Waals surface area (Å²) in [7, 11) is 0. The zero-order valence-electron chi connectivity index (χ0n) is 12.4. The maximum atomic E-state index is 12.2. The number of anilines is 1. The van der Waals surface area contributed by atoms with E-state index < -0.39 is 11.7 Å². The summed E-state index contributed by atoms with van der Waals surface area (Å²) >= 11 is 0. The van der Waals surface area contributed by atoms with E-state index >= 15 is 0 Å². The van der Waals surface area contributed by atoms with E-state index in [2.05, 4.69) is 0 Å². The molecule has 0 aliphatic rings. The number of para-hydroxylation sites is 1. The maximum absolute atomic E-state index is 12.2. The summed E-state index contributed by atoms with van der Waals surface area (Å²) in [4.78, 5) is 25.1. The fraction of sp³-hybridized carbons (Fsp3) is 0.467. The molecule has 0 spiro atoms. The Bertz CT molecular complexity index is 480. The van der Waals surface area contributed by atoms with Gasteiger partial charge in [-0.2, -0.15) is 0 Å². The third-order valence-corrected chi connectivity index (χ3v) is 2.55. The van der Waals surface area contributed by atoms with Crippen LogP contribution in [0.3, 0.4) is 0 Å². The summed E-state index contributed by atoms with van der Waals surface area (Å²) in [5.74, 6) is -0.355. The molecule has 0 heterocycles. The highest BCUT2D eigenvalue weighted by molar-refractivity contribution is 6.12. The van der Waals surface area contributed by atoms with Crippen LogP contribution < -0.4 is 4.90 Å². The lowest BCUT2D eigenvalue weighted by Gasteiger charge is -2.27. The van der Waals surface area contributed by atoms with Crippen molar-refractivity contribution in [1.29, 1.82) is 0 Å². The van der Waals surface area contributed by atoms with Crippen LogP contribution in [0.1, 0.15) is 38.8 Å². The largest absolute Gasteiger partial charge is 0.443 e. The second-order valence-electron chi connectivity index (χ2n) is 5.58. The molecule has 1 aromatic rings. The average molecular weight is 263 g/mol. The SMILES string of the molecule is CC(=O)N(C(=O)OC(C)(C)C)c1c(C)cccc1C. The molecule has 0 atom stereocenters. The van der Waals surface area contributed by atoms with Crippen LogP contribution in [0.4, 0.5) is 10.5 Å². The van der Waals surface area contributed by atoms with Gasteiger partial charge >= 0.3 is 6.09 Å². The van der Waals surface area contributed by atoms with Crippen molar-refractivity contribution in [3.8, 4) is 0 Å². The zero-order chi connectivity index (χ0) is 14.8. The standard InChI is InChI=1S/C15H21NO3/c1-10-8-7-9-11(2)13(10)16(12(3)17)14(18)19-15(4,5)6/h7-9H,1-6H3. The summed E-state index contributed by atoms with van der Waals surface area (Å²) in [6.07, 6.45) is -0.641. The van der Waals surface area contributed by atoms with E-state index in [9.17, 15) is 9.59 Å². The van der Waals surface area contributed by atoms with Crippen LogP contribution in [0.15, 0.2) is 18.2 Å². The quantitative estimate of drug-likeness (QED) is 0.777. The normalized spacial score (nSPS) is 11.1. The molecule has 0 aromatic heterocycles. The lowest BCUT2D eigenvalue weighted by Crippen LogP contribution is -2.40. The van der Waals surface area contributed by atoms with E-state index in [0.29, 0.717) is 5.69 Å². The second-order valence-corrected chi connectivity index (χ2v) is 5.58. The first kappa shape index (κ1) is 15.2. The minimum Gasteiger partial charge on any atom is -0.443 e. The molecule has 4 nitrogen and oxygen atoms in total. The van der Waals surface area contributed by atoms with Crippen molar-refractivity contribution in [3.05, 3.63) is 29.3 Å². The Labute approximate surface area is 114 Å². The van der Waals surface area contributed by atoms with Gasteiger partial charge in [0, 0.05) is 6.92 Å². The van der Waals surface area contributed by atoms with Crippen LogP contribution in [0.25, 0.3) is 0 Å². The molecule has 0 fully saturated rings. The molecule has 104 valence electrons. The van der Waals surface area contributed by atoms with E-state index in [1.165, 1.54) is 6.92 Å². The third-order valence-electron chi connectivity index (χ3n) is 2.55. The molecule has 0 saturated heterocycles. The number of imide groups is 1. The molecule has 0 saturated carbocycles. The van der Waals surface area contributed by atoms with Crippen molar-refractivity contribution in [2.45, 2.75) is 47.1 Å². The van der Waals surface area contributed by atoms with Crippen LogP contribution in [0.5, 0.6) is 0 Å². The van der Waals surface area contributed by atoms with E-state index in [1.54, 1.807) is 20.8 Å². The topological polar surface area (TPSA) is 46.6 Å². The lowest BCUT2D eigenvalue weighted by molar-refractivity contribution is -0.116. The number of rotatable bonds is 1. The summed E-state index contributed by atoms with van der Waals surface area (Å²) in [5.41, 5.74) is 1.69. The van der Waals surface area contributed by atoms with Crippen LogP contribution in [-0.2, 0) is 9.53 Å². The highest BCUT2D eigenvalue weighted by Gasteiger charge is 2.28. The van der Waals surface area contributed by atoms with Crippen molar-refractivity contribution in [2.24, 2.45) is 0 Å². The molecule has 2 amide bonds. The molecular formula is C15H21NO3. The molecule has 1 rings (SSSR count). The van der Waals surface area contributed by atoms with Crippen LogP contribution in [-0.4, -0.2) is 17.6 Å². The van der Waals surface area contributed by atoms with Crippen molar-refractivity contribution in [3.63, 3.8) is 0 Å². The van der Waals surface area contributed by atoms with E-state index in [4.69, 9.17) is 4.74 Å². The van der Waals surface area contributed by atoms with Gasteiger partial charge in [-0.15, -0.1) is 0 Å².